The van der Waals surface area contributed by atoms with E-state index in [1.54, 1.807) is 57.3 Å². The van der Waals surface area contributed by atoms with Gasteiger partial charge in [-0.2, -0.15) is 0 Å². The molecule has 0 bridgehead atoms. The molecule has 5 rings (SSSR count). The predicted molar refractivity (Wildman–Crippen MR) is 209 cm³/mol. The molecule has 316 valence electrons. The van der Waals surface area contributed by atoms with Gasteiger partial charge in [0.2, 0.25) is 23.6 Å². The Kier molecular flexibility index (Phi) is 14.3. The number of hydrogen-bond acceptors (Lipinski definition) is 14. The third-order valence-electron chi connectivity index (χ3n) is 9.61. The van der Waals surface area contributed by atoms with Crippen LogP contribution in [0.15, 0.2) is 55.0 Å². The minimum absolute atomic E-state index is 0.139. The van der Waals surface area contributed by atoms with Crippen molar-refractivity contribution in [2.75, 3.05) is 30.8 Å². The zero-order chi connectivity index (χ0) is 43.0. The van der Waals surface area contributed by atoms with Crippen LogP contribution in [-0.4, -0.2) is 139 Å². The summed E-state index contributed by atoms with van der Waals surface area (Å²) in [4.78, 5) is 101. The summed E-state index contributed by atoms with van der Waals surface area (Å²) >= 11 is 0. The lowest BCUT2D eigenvalue weighted by atomic mass is 9.96. The molecule has 2 aliphatic rings. The van der Waals surface area contributed by atoms with Gasteiger partial charge >= 0.3 is 6.09 Å². The van der Waals surface area contributed by atoms with E-state index in [-0.39, 0.29) is 25.5 Å². The second-order valence-electron chi connectivity index (χ2n) is 14.5. The van der Waals surface area contributed by atoms with Crippen molar-refractivity contribution in [2.45, 2.75) is 83.4 Å². The van der Waals surface area contributed by atoms with Gasteiger partial charge in [-0.3, -0.25) is 33.7 Å². The van der Waals surface area contributed by atoms with Crippen molar-refractivity contribution in [1.29, 1.82) is 0 Å². The Morgan fingerprint density at radius 1 is 0.949 bits per heavy atom. The van der Waals surface area contributed by atoms with Crippen LogP contribution >= 0.6 is 0 Å². The molecule has 1 saturated heterocycles. The van der Waals surface area contributed by atoms with E-state index in [2.05, 4.69) is 41.5 Å². The minimum Gasteiger partial charge on any atom is -0.445 e. The number of ether oxygens (including phenoxy) is 2. The fraction of sp³-hybridized carbons (Fsp3) is 0.447. The highest BCUT2D eigenvalue weighted by Crippen LogP contribution is 2.25. The summed E-state index contributed by atoms with van der Waals surface area (Å²) in [6.45, 7) is 5.79. The number of aromatic amines is 1. The largest absolute Gasteiger partial charge is 0.445 e. The van der Waals surface area contributed by atoms with E-state index >= 15 is 0 Å². The predicted octanol–water partition coefficient (Wildman–Crippen LogP) is -0.511. The van der Waals surface area contributed by atoms with E-state index in [0.717, 1.165) is 22.0 Å². The van der Waals surface area contributed by atoms with Crippen LogP contribution in [0.4, 0.5) is 16.3 Å². The van der Waals surface area contributed by atoms with E-state index < -0.39 is 90.7 Å². The molecule has 2 aliphatic heterocycles. The van der Waals surface area contributed by atoms with Crippen molar-refractivity contribution in [3.05, 3.63) is 60.6 Å². The van der Waals surface area contributed by atoms with Gasteiger partial charge in [-0.05, 0) is 43.5 Å². The maximum atomic E-state index is 13.0. The second kappa shape index (κ2) is 19.3. The molecule has 21 heteroatoms. The maximum Gasteiger partial charge on any atom is 0.410 e. The smallest absolute Gasteiger partial charge is 0.410 e. The number of nitrogens with one attached hydrogen (secondary N) is 6. The van der Waals surface area contributed by atoms with Crippen LogP contribution in [0.3, 0.4) is 0 Å². The lowest BCUT2D eigenvalue weighted by Crippen LogP contribution is -2.64. The molecular formula is C38H48N10O11. The van der Waals surface area contributed by atoms with Crippen LogP contribution in [0.1, 0.15) is 39.7 Å². The number of rotatable bonds is 16. The minimum atomic E-state index is -1.45. The van der Waals surface area contributed by atoms with Crippen molar-refractivity contribution < 1.29 is 53.2 Å². The Morgan fingerprint density at radius 2 is 1.64 bits per heavy atom. The summed E-state index contributed by atoms with van der Waals surface area (Å²) in [7, 11) is 1.35. The number of carbonyl (C=O) groups excluding carboxylic acids is 7. The fourth-order valence-corrected chi connectivity index (χ4v) is 6.23. The van der Waals surface area contributed by atoms with Gasteiger partial charge in [-0.15, -0.1) is 0 Å². The summed E-state index contributed by atoms with van der Waals surface area (Å²) in [5.41, 5.74) is 1.52. The first-order valence-corrected chi connectivity index (χ1v) is 18.8. The van der Waals surface area contributed by atoms with Crippen molar-refractivity contribution in [1.82, 2.24) is 40.7 Å². The maximum absolute atomic E-state index is 13.0. The molecule has 2 aromatic heterocycles. The number of imide groups is 1. The van der Waals surface area contributed by atoms with E-state index in [1.807, 2.05) is 0 Å². The van der Waals surface area contributed by atoms with Crippen molar-refractivity contribution >= 4 is 64.1 Å². The molecule has 59 heavy (non-hydrogen) atoms. The first kappa shape index (κ1) is 43.7. The number of fused-ring (bicyclic) bond motifs is 1. The number of carbonyl (C=O) groups is 7. The number of aromatic nitrogens is 3. The highest BCUT2D eigenvalue weighted by molar-refractivity contribution is 6.13. The topological polar surface area (TPSA) is 287 Å². The highest BCUT2D eigenvalue weighted by Gasteiger charge is 2.44. The summed E-state index contributed by atoms with van der Waals surface area (Å²) in [6, 6.07) is 5.10. The Bertz CT molecular complexity index is 2060. The van der Waals surface area contributed by atoms with Crippen LogP contribution in [0.25, 0.3) is 11.0 Å². The standard InChI is InChI=1S/C38H48N10O11/c1-19(2)29(44-25(49)13-15-48-27(51)10-11-28(48)52)36(56)42-20(3)35(55)43-23-8-6-22(7-9-23)17-58-38(57)47(5)16-26(50)45-30-21(4)59-37(32(54)31(30)53)46-34-24-12-14-39-33(24)40-18-41-34/h6-12,14,18-21,29-32,37,53-54H,13,15-17H2,1-5H3,(H,42,56)(H,43,55)(H,44,49)(H,45,50)(H2,39,40,41,46)/t20-,21-,29-,30-,31+,32+,37-/m0/s1. The van der Waals surface area contributed by atoms with E-state index in [1.165, 1.54) is 20.3 Å². The molecule has 0 spiro atoms. The number of aliphatic hydroxyl groups excluding tert-OH is 2. The van der Waals surface area contributed by atoms with E-state index in [9.17, 15) is 43.8 Å². The number of anilines is 2. The van der Waals surface area contributed by atoms with Crippen LogP contribution in [0.2, 0.25) is 0 Å². The molecule has 0 saturated carbocycles. The van der Waals surface area contributed by atoms with E-state index in [4.69, 9.17) is 9.47 Å². The third kappa shape index (κ3) is 11.1. The average molecular weight is 821 g/mol. The van der Waals surface area contributed by atoms with Gasteiger partial charge in [-0.25, -0.2) is 14.8 Å². The Labute approximate surface area is 338 Å². The molecule has 0 unspecified atom stereocenters. The molecule has 0 aliphatic carbocycles. The Balaban J connectivity index is 1.02. The molecule has 3 aromatic rings. The molecule has 4 heterocycles. The monoisotopic (exact) mass is 820 g/mol. The number of benzene rings is 1. The Morgan fingerprint density at radius 3 is 2.32 bits per heavy atom. The zero-order valence-corrected chi connectivity index (χ0v) is 33.0. The summed E-state index contributed by atoms with van der Waals surface area (Å²) in [6.07, 6.45) is -0.442. The van der Waals surface area contributed by atoms with Gasteiger partial charge in [0.05, 0.1) is 17.5 Å². The first-order valence-electron chi connectivity index (χ1n) is 18.8. The fourth-order valence-electron chi connectivity index (χ4n) is 6.23. The molecule has 8 N–H and O–H groups in total. The molecule has 1 aromatic carbocycles. The summed E-state index contributed by atoms with van der Waals surface area (Å²) in [5.74, 6) is -3.32. The normalized spacial score (nSPS) is 21.2. The lowest BCUT2D eigenvalue weighted by molar-refractivity contribution is -0.172. The van der Waals surface area contributed by atoms with E-state index in [0.29, 0.717) is 28.1 Å². The number of hydrogen-bond donors (Lipinski definition) is 8. The third-order valence-corrected chi connectivity index (χ3v) is 9.61. The van der Waals surface area contributed by atoms with Crippen molar-refractivity contribution in [3.63, 3.8) is 0 Å². The van der Waals surface area contributed by atoms with Crippen LogP contribution in [0, 0.1) is 5.92 Å². The SMILES string of the molecule is CC(C)[C@H](NC(=O)CCN1C(=O)C=CC1=O)C(=O)N[C@@H](C)C(=O)Nc1ccc(COC(=O)N(C)CC(=O)N[C@@H]2[C@@H](O)[C@@H](O)[C@@H](Nc3ncnc4[nH]ccc34)O[C@H]2C)cc1. The van der Waals surface area contributed by atoms with Gasteiger partial charge in [0.1, 0.15) is 55.2 Å². The van der Waals surface area contributed by atoms with Gasteiger partial charge in [0, 0.05) is 44.0 Å². The lowest BCUT2D eigenvalue weighted by Gasteiger charge is -2.42. The van der Waals surface area contributed by atoms with Gasteiger partial charge in [-0.1, -0.05) is 26.0 Å². The average Bonchev–Trinajstić information content (AvgIpc) is 3.81. The highest BCUT2D eigenvalue weighted by atomic mass is 16.6. The number of aliphatic hydroxyl groups is 2. The van der Waals surface area contributed by atoms with Gasteiger partial charge in [0.15, 0.2) is 6.23 Å². The number of likely N-dealkylation sites (N-methyl/N-ethyl adjacent to an activating group) is 1. The second-order valence-corrected chi connectivity index (χ2v) is 14.5. The quantitative estimate of drug-likeness (QED) is 0.0846. The summed E-state index contributed by atoms with van der Waals surface area (Å²) in [5, 5.41) is 35.8. The number of H-pyrrole nitrogens is 1. The zero-order valence-electron chi connectivity index (χ0n) is 33.0. The van der Waals surface area contributed by atoms with Crippen molar-refractivity contribution in [2.24, 2.45) is 5.92 Å². The van der Waals surface area contributed by atoms with Crippen LogP contribution < -0.4 is 26.6 Å². The van der Waals surface area contributed by atoms with Crippen LogP contribution in [0.5, 0.6) is 0 Å². The van der Waals surface area contributed by atoms with Crippen molar-refractivity contribution in [3.8, 4) is 0 Å². The molecule has 0 radical (unpaired) electrons. The number of nitrogens with zero attached hydrogens (tertiary/aromatic N) is 4. The van der Waals surface area contributed by atoms with Gasteiger partial charge < -0.3 is 56.2 Å². The first-order chi connectivity index (χ1) is 28.0. The molecular weight excluding hydrogens is 772 g/mol. The number of amides is 7. The summed E-state index contributed by atoms with van der Waals surface area (Å²) < 4.78 is 11.2. The molecule has 7 amide bonds. The van der Waals surface area contributed by atoms with Gasteiger partial charge in [0.25, 0.3) is 11.8 Å². The molecule has 21 nitrogen and oxygen atoms in total. The molecule has 7 atom stereocenters. The van der Waals surface area contributed by atoms with Crippen LogP contribution in [-0.2, 0) is 44.8 Å². The Hall–Kier alpha value is -6.45. The molecule has 1 fully saturated rings.